The van der Waals surface area contributed by atoms with Gasteiger partial charge >= 0.3 is 0 Å². The summed E-state index contributed by atoms with van der Waals surface area (Å²) in [7, 11) is 0. The third-order valence-corrected chi connectivity index (χ3v) is 6.72. The van der Waals surface area contributed by atoms with Crippen molar-refractivity contribution in [1.29, 1.82) is 0 Å². The minimum atomic E-state index is -0.384. The lowest BCUT2D eigenvalue weighted by molar-refractivity contribution is 0.627. The number of nitrogens with zero attached hydrogens (tertiary/aromatic N) is 2. The summed E-state index contributed by atoms with van der Waals surface area (Å²) < 4.78 is 15.1. The van der Waals surface area contributed by atoms with E-state index in [9.17, 15) is 9.18 Å². The highest BCUT2D eigenvalue weighted by Gasteiger charge is 2.18. The van der Waals surface area contributed by atoms with Crippen LogP contribution in [0.4, 0.5) is 4.39 Å². The molecule has 7 heteroatoms. The summed E-state index contributed by atoms with van der Waals surface area (Å²) in [6.45, 7) is 1.98. The van der Waals surface area contributed by atoms with Crippen LogP contribution >= 0.6 is 23.4 Å². The topological polar surface area (TPSA) is 50.7 Å². The van der Waals surface area contributed by atoms with Crippen LogP contribution in [0.5, 0.6) is 0 Å². The fraction of sp³-hybridized carbons (Fsp3) is 0.0769. The molecule has 2 aromatic heterocycles. The van der Waals surface area contributed by atoms with Gasteiger partial charge in [-0.25, -0.2) is 9.37 Å². The van der Waals surface area contributed by atoms with Gasteiger partial charge in [0.25, 0.3) is 5.56 Å². The predicted octanol–water partition coefficient (Wildman–Crippen LogP) is 6.77. The molecule has 0 atom stereocenters. The van der Waals surface area contributed by atoms with Crippen molar-refractivity contribution in [3.63, 3.8) is 0 Å². The van der Waals surface area contributed by atoms with Gasteiger partial charge in [0, 0.05) is 22.5 Å². The van der Waals surface area contributed by atoms with Gasteiger partial charge in [-0.05, 0) is 47.9 Å². The fourth-order valence-corrected chi connectivity index (χ4v) is 5.07. The molecule has 0 spiro atoms. The van der Waals surface area contributed by atoms with Gasteiger partial charge in [-0.3, -0.25) is 9.36 Å². The Morgan fingerprint density at radius 3 is 2.64 bits per heavy atom. The molecule has 1 N–H and O–H groups in total. The number of aryl methyl sites for hydroxylation is 1. The molecular formula is C26H19ClFN3OS. The molecule has 0 radical (unpaired) electrons. The normalized spacial score (nSPS) is 11.2. The molecular weight excluding hydrogens is 457 g/mol. The number of hydrogen-bond acceptors (Lipinski definition) is 3. The van der Waals surface area contributed by atoms with E-state index in [0.717, 1.165) is 27.9 Å². The number of hydrogen-bond donors (Lipinski definition) is 1. The second-order valence-corrected chi connectivity index (χ2v) is 9.04. The van der Waals surface area contributed by atoms with Gasteiger partial charge in [-0.15, -0.1) is 0 Å². The number of aromatic amines is 1. The van der Waals surface area contributed by atoms with Crippen molar-refractivity contribution < 1.29 is 4.39 Å². The number of benzene rings is 3. The Kier molecular flexibility index (Phi) is 5.79. The molecule has 0 bridgehead atoms. The zero-order valence-corrected chi connectivity index (χ0v) is 19.3. The van der Waals surface area contributed by atoms with Crippen molar-refractivity contribution in [3.8, 4) is 16.8 Å². The maximum Gasteiger partial charge on any atom is 0.283 e. The van der Waals surface area contributed by atoms with Crippen LogP contribution in [0.3, 0.4) is 0 Å². The number of fused-ring (bicyclic) bond motifs is 1. The third-order valence-electron chi connectivity index (χ3n) is 5.38. The molecule has 3 aromatic carbocycles. The molecule has 5 aromatic rings. The van der Waals surface area contributed by atoms with Gasteiger partial charge in [0.2, 0.25) is 0 Å². The first kappa shape index (κ1) is 21.5. The summed E-state index contributed by atoms with van der Waals surface area (Å²) >= 11 is 7.63. The van der Waals surface area contributed by atoms with E-state index in [-0.39, 0.29) is 11.4 Å². The van der Waals surface area contributed by atoms with Crippen LogP contribution in [0.25, 0.3) is 27.8 Å². The minimum Gasteiger partial charge on any atom is -0.355 e. The van der Waals surface area contributed by atoms with Crippen LogP contribution in [0.2, 0.25) is 5.02 Å². The first-order valence-electron chi connectivity index (χ1n) is 10.3. The molecule has 164 valence electrons. The Bertz CT molecular complexity index is 1530. The Hall–Kier alpha value is -3.35. The van der Waals surface area contributed by atoms with Crippen LogP contribution in [-0.4, -0.2) is 14.5 Å². The van der Waals surface area contributed by atoms with Crippen molar-refractivity contribution in [2.24, 2.45) is 0 Å². The number of nitrogens with one attached hydrogen (secondary N) is 1. The molecule has 0 aliphatic heterocycles. The number of H-pyrrole nitrogens is 1. The van der Waals surface area contributed by atoms with Crippen molar-refractivity contribution >= 4 is 34.4 Å². The van der Waals surface area contributed by atoms with Gasteiger partial charge < -0.3 is 4.98 Å². The number of aromatic nitrogens is 3. The smallest absolute Gasteiger partial charge is 0.283 e. The molecule has 0 aliphatic rings. The van der Waals surface area contributed by atoms with Gasteiger partial charge in [0.15, 0.2) is 5.16 Å². The van der Waals surface area contributed by atoms with E-state index in [1.54, 1.807) is 10.6 Å². The van der Waals surface area contributed by atoms with Crippen molar-refractivity contribution in [2.75, 3.05) is 0 Å². The molecule has 0 aliphatic carbocycles. The standard InChI is InChI=1S/C26H19ClFN3OS/c1-16-6-5-9-20(12-16)31-25(32)24-23(21(14-29-24)17-7-3-2-4-8-17)30-26(31)33-15-18-10-11-19(28)13-22(18)27/h2-14,29H,15H2,1H3. The summed E-state index contributed by atoms with van der Waals surface area (Å²) in [5.41, 5.74) is 5.25. The Morgan fingerprint density at radius 1 is 1.06 bits per heavy atom. The predicted molar refractivity (Wildman–Crippen MR) is 133 cm³/mol. The maximum absolute atomic E-state index is 13.6. The quantitative estimate of drug-likeness (QED) is 0.225. The van der Waals surface area contributed by atoms with Gasteiger partial charge in [0.1, 0.15) is 16.9 Å². The summed E-state index contributed by atoms with van der Waals surface area (Å²) in [5.74, 6) is 0.0540. The van der Waals surface area contributed by atoms with Crippen LogP contribution in [-0.2, 0) is 5.75 Å². The molecule has 33 heavy (non-hydrogen) atoms. The van der Waals surface area contributed by atoms with E-state index in [0.29, 0.717) is 27.0 Å². The summed E-state index contributed by atoms with van der Waals surface area (Å²) in [4.78, 5) is 21.7. The largest absolute Gasteiger partial charge is 0.355 e. The fourth-order valence-electron chi connectivity index (χ4n) is 3.75. The zero-order valence-electron chi connectivity index (χ0n) is 17.7. The van der Waals surface area contributed by atoms with Gasteiger partial charge in [0.05, 0.1) is 5.69 Å². The maximum atomic E-state index is 13.6. The van der Waals surface area contributed by atoms with E-state index in [2.05, 4.69) is 4.98 Å². The third kappa shape index (κ3) is 4.19. The Labute approximate surface area is 199 Å². The highest BCUT2D eigenvalue weighted by Crippen LogP contribution is 2.31. The molecule has 0 fully saturated rings. The summed E-state index contributed by atoms with van der Waals surface area (Å²) in [5, 5.41) is 0.884. The van der Waals surface area contributed by atoms with E-state index < -0.39 is 0 Å². The SMILES string of the molecule is Cc1cccc(-n2c(SCc3ccc(F)cc3Cl)nc3c(-c4ccccc4)c[nH]c3c2=O)c1. The lowest BCUT2D eigenvalue weighted by Gasteiger charge is -2.13. The second-order valence-electron chi connectivity index (χ2n) is 7.69. The molecule has 0 saturated heterocycles. The summed E-state index contributed by atoms with van der Waals surface area (Å²) in [6.07, 6.45) is 1.82. The lowest BCUT2D eigenvalue weighted by atomic mass is 10.1. The Morgan fingerprint density at radius 2 is 1.88 bits per heavy atom. The van der Waals surface area contributed by atoms with E-state index in [1.165, 1.54) is 23.9 Å². The average molecular weight is 476 g/mol. The van der Waals surface area contributed by atoms with Gasteiger partial charge in [-0.1, -0.05) is 71.9 Å². The number of thioether (sulfide) groups is 1. The zero-order chi connectivity index (χ0) is 22.9. The van der Waals surface area contributed by atoms with Crippen molar-refractivity contribution in [3.05, 3.63) is 111 Å². The minimum absolute atomic E-state index is 0.180. The summed E-state index contributed by atoms with van der Waals surface area (Å²) in [6, 6.07) is 21.9. The average Bonchev–Trinajstić information content (AvgIpc) is 3.23. The highest BCUT2D eigenvalue weighted by molar-refractivity contribution is 7.98. The second kappa shape index (κ2) is 8.89. The molecule has 2 heterocycles. The molecule has 0 amide bonds. The monoisotopic (exact) mass is 475 g/mol. The molecule has 4 nitrogen and oxygen atoms in total. The number of halogens is 2. The van der Waals surface area contributed by atoms with Crippen LogP contribution < -0.4 is 5.56 Å². The van der Waals surface area contributed by atoms with Gasteiger partial charge in [-0.2, -0.15) is 0 Å². The van der Waals surface area contributed by atoms with Crippen molar-refractivity contribution in [1.82, 2.24) is 14.5 Å². The van der Waals surface area contributed by atoms with Crippen molar-refractivity contribution in [2.45, 2.75) is 17.8 Å². The first-order valence-corrected chi connectivity index (χ1v) is 11.7. The van der Waals surface area contributed by atoms with Crippen LogP contribution in [0.1, 0.15) is 11.1 Å². The lowest BCUT2D eigenvalue weighted by Crippen LogP contribution is -2.22. The van der Waals surface area contributed by atoms with E-state index >= 15 is 0 Å². The van der Waals surface area contributed by atoms with E-state index in [1.807, 2.05) is 67.7 Å². The Balaban J connectivity index is 1.68. The molecule has 5 rings (SSSR count). The van der Waals surface area contributed by atoms with Crippen LogP contribution in [0.15, 0.2) is 88.9 Å². The highest BCUT2D eigenvalue weighted by atomic mass is 35.5. The first-order chi connectivity index (χ1) is 16.0. The number of rotatable bonds is 5. The van der Waals surface area contributed by atoms with E-state index in [4.69, 9.17) is 16.6 Å². The molecule has 0 saturated carbocycles. The molecule has 0 unspecified atom stereocenters. The van der Waals surface area contributed by atoms with Crippen LogP contribution in [0, 0.1) is 12.7 Å².